The van der Waals surface area contributed by atoms with Crippen LogP contribution >= 0.6 is 11.3 Å². The van der Waals surface area contributed by atoms with Crippen LogP contribution in [0.5, 0.6) is 0 Å². The van der Waals surface area contributed by atoms with Gasteiger partial charge < -0.3 is 4.90 Å². The fraction of sp³-hybridized carbons (Fsp3) is 0.600. The second kappa shape index (κ2) is 5.90. The van der Waals surface area contributed by atoms with Crippen molar-refractivity contribution in [2.45, 2.75) is 32.2 Å². The molecule has 2 aromatic heterocycles. The third kappa shape index (κ3) is 3.28. The third-order valence-electron chi connectivity index (χ3n) is 4.29. The molecule has 1 fully saturated rings. The Morgan fingerprint density at radius 1 is 1.43 bits per heavy atom. The number of carbonyl (C=O) groups is 1. The van der Waals surface area contributed by atoms with Crippen LogP contribution in [0.25, 0.3) is 10.2 Å². The van der Waals surface area contributed by atoms with E-state index < -0.39 is 9.84 Å². The SMILES string of the molecule is Cc1nn(C)c2sc(C(=O)N3CCCCC3CS(C)(=O)=O)cc12. The molecule has 0 spiro atoms. The molecule has 1 unspecified atom stereocenters. The molecule has 23 heavy (non-hydrogen) atoms. The van der Waals surface area contributed by atoms with E-state index in [-0.39, 0.29) is 17.7 Å². The van der Waals surface area contributed by atoms with Crippen LogP contribution in [-0.2, 0) is 16.9 Å². The van der Waals surface area contributed by atoms with Crippen LogP contribution in [0.15, 0.2) is 6.07 Å². The number of hydrogen-bond acceptors (Lipinski definition) is 5. The highest BCUT2D eigenvalue weighted by Gasteiger charge is 2.31. The van der Waals surface area contributed by atoms with Gasteiger partial charge in [0.15, 0.2) is 0 Å². The van der Waals surface area contributed by atoms with Crippen molar-refractivity contribution in [2.24, 2.45) is 7.05 Å². The number of rotatable bonds is 3. The van der Waals surface area contributed by atoms with Crippen molar-refractivity contribution in [3.05, 3.63) is 16.6 Å². The Kier molecular flexibility index (Phi) is 4.22. The highest BCUT2D eigenvalue weighted by molar-refractivity contribution is 7.90. The summed E-state index contributed by atoms with van der Waals surface area (Å²) >= 11 is 1.43. The summed E-state index contributed by atoms with van der Waals surface area (Å²) in [5.74, 6) is -0.0107. The standard InChI is InChI=1S/C15H21N3O3S2/c1-10-12-8-13(22-15(12)17(2)16-10)14(19)18-7-5-4-6-11(18)9-23(3,20)21/h8,11H,4-7,9H2,1-3H3. The van der Waals surface area contributed by atoms with Crippen molar-refractivity contribution in [3.63, 3.8) is 0 Å². The largest absolute Gasteiger partial charge is 0.334 e. The minimum atomic E-state index is -3.10. The van der Waals surface area contributed by atoms with Gasteiger partial charge >= 0.3 is 0 Å². The van der Waals surface area contributed by atoms with E-state index in [1.807, 2.05) is 20.0 Å². The molecular weight excluding hydrogens is 334 g/mol. The van der Waals surface area contributed by atoms with Gasteiger partial charge in [0.2, 0.25) is 0 Å². The van der Waals surface area contributed by atoms with Crippen molar-refractivity contribution in [1.29, 1.82) is 0 Å². The monoisotopic (exact) mass is 355 g/mol. The molecule has 0 saturated carbocycles. The van der Waals surface area contributed by atoms with E-state index in [1.165, 1.54) is 17.6 Å². The molecule has 1 amide bonds. The molecule has 1 saturated heterocycles. The van der Waals surface area contributed by atoms with E-state index in [4.69, 9.17) is 0 Å². The van der Waals surface area contributed by atoms with Crippen molar-refractivity contribution in [1.82, 2.24) is 14.7 Å². The molecule has 0 radical (unpaired) electrons. The Morgan fingerprint density at radius 2 is 2.17 bits per heavy atom. The quantitative estimate of drug-likeness (QED) is 0.844. The predicted molar refractivity (Wildman–Crippen MR) is 91.7 cm³/mol. The van der Waals surface area contributed by atoms with Crippen LogP contribution in [-0.4, -0.2) is 53.6 Å². The lowest BCUT2D eigenvalue weighted by molar-refractivity contribution is 0.0644. The first-order chi connectivity index (χ1) is 10.8. The van der Waals surface area contributed by atoms with Gasteiger partial charge in [0.05, 0.1) is 16.3 Å². The number of hydrogen-bond donors (Lipinski definition) is 0. The molecule has 1 aliphatic rings. The molecule has 6 nitrogen and oxygen atoms in total. The minimum absolute atomic E-state index is 0.0459. The number of aryl methyl sites for hydroxylation is 2. The van der Waals surface area contributed by atoms with Crippen molar-refractivity contribution >= 4 is 37.3 Å². The Bertz CT molecular complexity index is 816. The topological polar surface area (TPSA) is 72.3 Å². The number of piperidine rings is 1. The second-order valence-electron chi connectivity index (χ2n) is 6.28. The van der Waals surface area contributed by atoms with E-state index in [9.17, 15) is 13.2 Å². The highest BCUT2D eigenvalue weighted by atomic mass is 32.2. The summed E-state index contributed by atoms with van der Waals surface area (Å²) in [6.07, 6.45) is 3.89. The van der Waals surface area contributed by atoms with Gasteiger partial charge in [-0.25, -0.2) is 8.42 Å². The maximum Gasteiger partial charge on any atom is 0.264 e. The van der Waals surface area contributed by atoms with Crippen LogP contribution in [0.3, 0.4) is 0 Å². The number of likely N-dealkylation sites (tertiary alicyclic amines) is 1. The number of thiophene rings is 1. The zero-order valence-electron chi connectivity index (χ0n) is 13.6. The number of sulfone groups is 1. The number of aromatic nitrogens is 2. The normalized spacial score (nSPS) is 19.4. The lowest BCUT2D eigenvalue weighted by atomic mass is 10.0. The molecule has 126 valence electrons. The molecule has 0 bridgehead atoms. The molecular formula is C15H21N3O3S2. The van der Waals surface area contributed by atoms with E-state index >= 15 is 0 Å². The summed E-state index contributed by atoms with van der Waals surface area (Å²) in [5.41, 5.74) is 0.907. The van der Waals surface area contributed by atoms with Crippen LogP contribution in [0, 0.1) is 6.92 Å². The Morgan fingerprint density at radius 3 is 2.83 bits per heavy atom. The number of nitrogens with zero attached hydrogens (tertiary/aromatic N) is 3. The first-order valence-corrected chi connectivity index (χ1v) is 10.6. The molecule has 0 aliphatic carbocycles. The Hall–Kier alpha value is -1.41. The summed E-state index contributed by atoms with van der Waals surface area (Å²) in [7, 11) is -1.24. The van der Waals surface area contributed by atoms with Gasteiger partial charge in [-0.1, -0.05) is 0 Å². The summed E-state index contributed by atoms with van der Waals surface area (Å²) < 4.78 is 25.1. The molecule has 8 heteroatoms. The summed E-state index contributed by atoms with van der Waals surface area (Å²) in [4.78, 5) is 16.3. The maximum absolute atomic E-state index is 12.9. The lowest BCUT2D eigenvalue weighted by Gasteiger charge is -2.35. The third-order valence-corrected chi connectivity index (χ3v) is 6.47. The van der Waals surface area contributed by atoms with Gasteiger partial charge in [-0.2, -0.15) is 5.10 Å². The summed E-state index contributed by atoms with van der Waals surface area (Å²) in [6.45, 7) is 2.56. The number of amides is 1. The first kappa shape index (κ1) is 16.4. The summed E-state index contributed by atoms with van der Waals surface area (Å²) in [5, 5.41) is 5.35. The van der Waals surface area contributed by atoms with Gasteiger partial charge in [0.1, 0.15) is 14.7 Å². The van der Waals surface area contributed by atoms with Crippen LogP contribution in [0.2, 0.25) is 0 Å². The number of fused-ring (bicyclic) bond motifs is 1. The molecule has 1 aliphatic heterocycles. The second-order valence-corrected chi connectivity index (χ2v) is 9.49. The Balaban J connectivity index is 1.91. The molecule has 3 rings (SSSR count). The average molecular weight is 355 g/mol. The van der Waals surface area contributed by atoms with Crippen molar-refractivity contribution in [2.75, 3.05) is 18.6 Å². The smallest absolute Gasteiger partial charge is 0.264 e. The highest BCUT2D eigenvalue weighted by Crippen LogP contribution is 2.30. The lowest BCUT2D eigenvalue weighted by Crippen LogP contribution is -2.46. The van der Waals surface area contributed by atoms with E-state index in [2.05, 4.69) is 5.10 Å². The van der Waals surface area contributed by atoms with Gasteiger partial charge in [0, 0.05) is 31.3 Å². The van der Waals surface area contributed by atoms with E-state index in [0.717, 1.165) is 35.2 Å². The molecule has 0 aromatic carbocycles. The van der Waals surface area contributed by atoms with E-state index in [1.54, 1.807) is 9.58 Å². The number of carbonyl (C=O) groups excluding carboxylic acids is 1. The van der Waals surface area contributed by atoms with Gasteiger partial charge in [-0.15, -0.1) is 11.3 Å². The fourth-order valence-corrected chi connectivity index (χ4v) is 5.37. The van der Waals surface area contributed by atoms with Crippen molar-refractivity contribution < 1.29 is 13.2 Å². The van der Waals surface area contributed by atoms with E-state index in [0.29, 0.717) is 11.4 Å². The molecule has 2 aromatic rings. The van der Waals surface area contributed by atoms with Gasteiger partial charge in [-0.05, 0) is 32.3 Å². The predicted octanol–water partition coefficient (Wildman–Crippen LogP) is 1.98. The van der Waals surface area contributed by atoms with Crippen LogP contribution in [0.1, 0.15) is 34.6 Å². The summed E-state index contributed by atoms with van der Waals surface area (Å²) in [6, 6.07) is 1.67. The van der Waals surface area contributed by atoms with Gasteiger partial charge in [0.25, 0.3) is 5.91 Å². The van der Waals surface area contributed by atoms with Crippen LogP contribution < -0.4 is 0 Å². The zero-order valence-corrected chi connectivity index (χ0v) is 15.2. The molecule has 3 heterocycles. The first-order valence-electron chi connectivity index (χ1n) is 7.68. The fourth-order valence-electron chi connectivity index (χ4n) is 3.24. The molecule has 0 N–H and O–H groups in total. The minimum Gasteiger partial charge on any atom is -0.334 e. The van der Waals surface area contributed by atoms with Gasteiger partial charge in [-0.3, -0.25) is 9.48 Å². The van der Waals surface area contributed by atoms with Crippen LogP contribution in [0.4, 0.5) is 0 Å². The average Bonchev–Trinajstić information content (AvgIpc) is 3.00. The maximum atomic E-state index is 12.9. The molecule has 1 atom stereocenters. The van der Waals surface area contributed by atoms with Crippen molar-refractivity contribution in [3.8, 4) is 0 Å². The Labute approximate surface area is 140 Å². The zero-order chi connectivity index (χ0) is 16.8.